The number of nitrogens with zero attached hydrogens (tertiary/aromatic N) is 1. The lowest BCUT2D eigenvalue weighted by Gasteiger charge is -2.25. The zero-order valence-electron chi connectivity index (χ0n) is 11.9. The molecule has 2 fully saturated rings. The highest BCUT2D eigenvalue weighted by atomic mass is 16.5. The lowest BCUT2D eigenvalue weighted by molar-refractivity contribution is -0.146. The molecule has 1 N–H and O–H groups in total. The van der Waals surface area contributed by atoms with Gasteiger partial charge in [0.15, 0.2) is 0 Å². The quantitative estimate of drug-likeness (QED) is 0.546. The third-order valence-corrected chi connectivity index (χ3v) is 3.81. The zero-order chi connectivity index (χ0) is 14.4. The summed E-state index contributed by atoms with van der Waals surface area (Å²) in [6, 6.07) is 0. The van der Waals surface area contributed by atoms with Crippen LogP contribution in [0, 0.1) is 5.41 Å². The molecule has 0 aromatic carbocycles. The fourth-order valence-corrected chi connectivity index (χ4v) is 2.23. The first-order chi connectivity index (χ1) is 9.66. The van der Waals surface area contributed by atoms with Crippen LogP contribution in [0.15, 0.2) is 12.2 Å². The van der Waals surface area contributed by atoms with Gasteiger partial charge in [0.2, 0.25) is 5.91 Å². The topological polar surface area (TPSA) is 67.9 Å². The van der Waals surface area contributed by atoms with Crippen LogP contribution in [0.25, 0.3) is 0 Å². The molecule has 0 radical (unpaired) electrons. The predicted octanol–water partition coefficient (Wildman–Crippen LogP) is -0.0558. The Kier molecular flexibility index (Phi) is 5.14. The maximum atomic E-state index is 11.7. The van der Waals surface area contributed by atoms with Crippen LogP contribution >= 0.6 is 0 Å². The third-order valence-electron chi connectivity index (χ3n) is 3.81. The Balaban J connectivity index is 1.66. The number of nitrogens with one attached hydrogen (secondary N) is 1. The smallest absolute Gasteiger partial charge is 0.313 e. The fraction of sp³-hybridized carbons (Fsp3) is 0.714. The minimum Gasteiger partial charge on any atom is -0.469 e. The van der Waals surface area contributed by atoms with Gasteiger partial charge in [-0.1, -0.05) is 6.08 Å². The Morgan fingerprint density at radius 1 is 1.35 bits per heavy atom. The first-order valence-corrected chi connectivity index (χ1v) is 6.99. The van der Waals surface area contributed by atoms with Crippen molar-refractivity contribution in [1.29, 1.82) is 0 Å². The number of carbonyl (C=O) groups excluding carboxylic acids is 2. The highest BCUT2D eigenvalue weighted by Crippen LogP contribution is 2.45. The maximum absolute atomic E-state index is 11.7. The molecule has 1 aliphatic heterocycles. The number of amides is 1. The van der Waals surface area contributed by atoms with Crippen LogP contribution in [0.3, 0.4) is 0 Å². The molecule has 1 amide bonds. The zero-order valence-corrected chi connectivity index (χ0v) is 11.9. The van der Waals surface area contributed by atoms with E-state index in [0.717, 1.165) is 45.7 Å². The van der Waals surface area contributed by atoms with Crippen molar-refractivity contribution in [1.82, 2.24) is 10.2 Å². The molecule has 0 bridgehead atoms. The van der Waals surface area contributed by atoms with Crippen molar-refractivity contribution >= 4 is 11.9 Å². The number of esters is 1. The van der Waals surface area contributed by atoms with Gasteiger partial charge in [0, 0.05) is 32.3 Å². The van der Waals surface area contributed by atoms with Crippen LogP contribution in [0.2, 0.25) is 0 Å². The van der Waals surface area contributed by atoms with Gasteiger partial charge in [-0.2, -0.15) is 0 Å². The average Bonchev–Trinajstić information content (AvgIpc) is 3.27. The van der Waals surface area contributed by atoms with Gasteiger partial charge in [-0.05, 0) is 12.8 Å². The highest BCUT2D eigenvalue weighted by molar-refractivity contribution is 5.88. The Morgan fingerprint density at radius 2 is 2.05 bits per heavy atom. The SMILES string of the molecule is COC(=O)C1(CNC(=O)/C=C/CN2CCOCC2)CC1. The summed E-state index contributed by atoms with van der Waals surface area (Å²) >= 11 is 0. The summed E-state index contributed by atoms with van der Waals surface area (Å²) in [7, 11) is 1.38. The van der Waals surface area contributed by atoms with Crippen molar-refractivity contribution in [3.05, 3.63) is 12.2 Å². The molecule has 1 aliphatic carbocycles. The molecule has 6 heteroatoms. The number of ether oxygens (including phenoxy) is 2. The van der Waals surface area contributed by atoms with E-state index in [2.05, 4.69) is 10.2 Å². The molecule has 0 aromatic rings. The predicted molar refractivity (Wildman–Crippen MR) is 73.1 cm³/mol. The van der Waals surface area contributed by atoms with Crippen molar-refractivity contribution in [2.75, 3.05) is 46.5 Å². The normalized spacial score (nSPS) is 21.6. The molecule has 112 valence electrons. The Hall–Kier alpha value is -1.40. The van der Waals surface area contributed by atoms with Gasteiger partial charge in [0.05, 0.1) is 25.7 Å². The number of morpholine rings is 1. The molecule has 2 aliphatic rings. The molecule has 1 saturated carbocycles. The lowest BCUT2D eigenvalue weighted by Crippen LogP contribution is -2.36. The monoisotopic (exact) mass is 282 g/mol. The number of hydrogen-bond donors (Lipinski definition) is 1. The molecular weight excluding hydrogens is 260 g/mol. The second-order valence-corrected chi connectivity index (χ2v) is 5.31. The van der Waals surface area contributed by atoms with Gasteiger partial charge in [-0.15, -0.1) is 0 Å². The maximum Gasteiger partial charge on any atom is 0.313 e. The van der Waals surface area contributed by atoms with E-state index in [0.29, 0.717) is 6.54 Å². The molecule has 6 nitrogen and oxygen atoms in total. The van der Waals surface area contributed by atoms with Crippen molar-refractivity contribution < 1.29 is 19.1 Å². The molecule has 20 heavy (non-hydrogen) atoms. The van der Waals surface area contributed by atoms with Crippen molar-refractivity contribution in [3.8, 4) is 0 Å². The molecule has 0 atom stereocenters. The van der Waals surface area contributed by atoms with E-state index in [9.17, 15) is 9.59 Å². The van der Waals surface area contributed by atoms with E-state index in [1.807, 2.05) is 6.08 Å². The van der Waals surface area contributed by atoms with Crippen LogP contribution in [-0.4, -0.2) is 63.3 Å². The van der Waals surface area contributed by atoms with E-state index in [-0.39, 0.29) is 11.9 Å². The molecule has 1 heterocycles. The molecular formula is C14H22N2O4. The number of carbonyl (C=O) groups is 2. The van der Waals surface area contributed by atoms with Crippen LogP contribution in [0.5, 0.6) is 0 Å². The first kappa shape index (κ1) is 15.0. The van der Waals surface area contributed by atoms with E-state index in [4.69, 9.17) is 9.47 Å². The van der Waals surface area contributed by atoms with E-state index in [1.165, 1.54) is 13.2 Å². The van der Waals surface area contributed by atoms with E-state index in [1.54, 1.807) is 0 Å². The van der Waals surface area contributed by atoms with Gasteiger partial charge in [0.25, 0.3) is 0 Å². The summed E-state index contributed by atoms with van der Waals surface area (Å²) in [6.07, 6.45) is 4.95. The minimum absolute atomic E-state index is 0.159. The van der Waals surface area contributed by atoms with Crippen molar-refractivity contribution in [3.63, 3.8) is 0 Å². The molecule has 0 unspecified atom stereocenters. The van der Waals surface area contributed by atoms with Gasteiger partial charge >= 0.3 is 5.97 Å². The molecule has 2 rings (SSSR count). The van der Waals surface area contributed by atoms with E-state index >= 15 is 0 Å². The van der Waals surface area contributed by atoms with Crippen molar-refractivity contribution in [2.24, 2.45) is 5.41 Å². The van der Waals surface area contributed by atoms with Gasteiger partial charge in [-0.3, -0.25) is 14.5 Å². The first-order valence-electron chi connectivity index (χ1n) is 6.99. The summed E-state index contributed by atoms with van der Waals surface area (Å²) < 4.78 is 10.00. The summed E-state index contributed by atoms with van der Waals surface area (Å²) in [4.78, 5) is 25.4. The second kappa shape index (κ2) is 6.85. The van der Waals surface area contributed by atoms with Crippen molar-refractivity contribution in [2.45, 2.75) is 12.8 Å². The highest BCUT2D eigenvalue weighted by Gasteiger charge is 2.51. The molecule has 0 aromatic heterocycles. The van der Waals surface area contributed by atoms with Crippen LogP contribution in [-0.2, 0) is 19.1 Å². The summed E-state index contributed by atoms with van der Waals surface area (Å²) in [5.74, 6) is -0.386. The minimum atomic E-state index is -0.470. The van der Waals surface area contributed by atoms with Crippen LogP contribution < -0.4 is 5.32 Å². The average molecular weight is 282 g/mol. The second-order valence-electron chi connectivity index (χ2n) is 5.31. The van der Waals surface area contributed by atoms with E-state index < -0.39 is 5.41 Å². The van der Waals surface area contributed by atoms with Crippen LogP contribution in [0.4, 0.5) is 0 Å². The Bertz CT molecular complexity index is 385. The largest absolute Gasteiger partial charge is 0.469 e. The Labute approximate surface area is 119 Å². The summed E-state index contributed by atoms with van der Waals surface area (Å²) in [5.41, 5.74) is -0.470. The fourth-order valence-electron chi connectivity index (χ4n) is 2.23. The summed E-state index contributed by atoms with van der Waals surface area (Å²) in [6.45, 7) is 4.41. The van der Waals surface area contributed by atoms with Gasteiger partial charge in [0.1, 0.15) is 0 Å². The van der Waals surface area contributed by atoms with Crippen LogP contribution in [0.1, 0.15) is 12.8 Å². The number of rotatable bonds is 6. The molecule has 1 saturated heterocycles. The Morgan fingerprint density at radius 3 is 2.65 bits per heavy atom. The van der Waals surface area contributed by atoms with Gasteiger partial charge in [-0.25, -0.2) is 0 Å². The lowest BCUT2D eigenvalue weighted by atomic mass is 10.1. The number of methoxy groups -OCH3 is 1. The molecule has 0 spiro atoms. The third kappa shape index (κ3) is 4.05. The standard InChI is InChI=1S/C14H22N2O4/c1-19-13(18)14(4-5-14)11-15-12(17)3-2-6-16-7-9-20-10-8-16/h2-3H,4-11H2,1H3,(H,15,17)/b3-2+. The number of hydrogen-bond acceptors (Lipinski definition) is 5. The van der Waals surface area contributed by atoms with Gasteiger partial charge < -0.3 is 14.8 Å². The summed E-state index contributed by atoms with van der Waals surface area (Å²) in [5, 5.41) is 2.77.